The van der Waals surface area contributed by atoms with Crippen LogP contribution < -0.4 is 15.4 Å². The Hall–Kier alpha value is -3.94. The summed E-state index contributed by atoms with van der Waals surface area (Å²) in [4.78, 5) is 24.3. The smallest absolute Gasteiger partial charge is 0.162 e. The minimum atomic E-state index is -0.112. The van der Waals surface area contributed by atoms with Gasteiger partial charge < -0.3 is 15.4 Å². The van der Waals surface area contributed by atoms with Crippen LogP contribution in [0.15, 0.2) is 48.4 Å². The van der Waals surface area contributed by atoms with Gasteiger partial charge in [-0.2, -0.15) is 5.10 Å². The molecule has 2 N–H and O–H groups in total. The molecule has 3 aromatic heterocycles. The Morgan fingerprint density at radius 3 is 2.59 bits per heavy atom. The summed E-state index contributed by atoms with van der Waals surface area (Å²) >= 11 is 0. The van der Waals surface area contributed by atoms with Gasteiger partial charge in [0.2, 0.25) is 0 Å². The number of ether oxygens (including phenoxy) is 1. The summed E-state index contributed by atoms with van der Waals surface area (Å²) in [5, 5.41) is 6.63. The van der Waals surface area contributed by atoms with Gasteiger partial charge in [0.25, 0.3) is 0 Å². The van der Waals surface area contributed by atoms with E-state index in [0.717, 1.165) is 59.2 Å². The summed E-state index contributed by atoms with van der Waals surface area (Å²) < 4.78 is 7.69. The number of benzene rings is 1. The number of hydrogen-bond donors (Lipinski definition) is 1. The Morgan fingerprint density at radius 1 is 1.15 bits per heavy atom. The maximum absolute atomic E-state index is 12.5. The summed E-state index contributed by atoms with van der Waals surface area (Å²) in [6.45, 7) is 5.71. The molecule has 0 bridgehead atoms. The van der Waals surface area contributed by atoms with Crippen LogP contribution in [0, 0.1) is 0 Å². The fourth-order valence-corrected chi connectivity index (χ4v) is 4.84. The van der Waals surface area contributed by atoms with Crippen molar-refractivity contribution in [2.75, 3.05) is 25.1 Å². The van der Waals surface area contributed by atoms with Gasteiger partial charge in [0, 0.05) is 41.5 Å². The van der Waals surface area contributed by atoms with E-state index < -0.39 is 0 Å². The van der Waals surface area contributed by atoms with Crippen molar-refractivity contribution >= 4 is 39.0 Å². The summed E-state index contributed by atoms with van der Waals surface area (Å²) in [7, 11) is 1.60. The maximum Gasteiger partial charge on any atom is 0.162 e. The third kappa shape index (κ3) is 3.75. The molecule has 34 heavy (non-hydrogen) atoms. The van der Waals surface area contributed by atoms with Crippen molar-refractivity contribution in [1.29, 1.82) is 0 Å². The van der Waals surface area contributed by atoms with Gasteiger partial charge in [0.05, 0.1) is 42.0 Å². The largest absolute Gasteiger partial charge is 0.496 e. The minimum Gasteiger partial charge on any atom is -0.496 e. The van der Waals surface area contributed by atoms with E-state index in [0.29, 0.717) is 29.1 Å². The Kier molecular flexibility index (Phi) is 5.65. The monoisotopic (exact) mass is 456 g/mol. The molecule has 0 amide bonds. The number of anilines is 1. The normalized spacial score (nSPS) is 14.6. The molecule has 0 unspecified atom stereocenters. The zero-order valence-corrected chi connectivity index (χ0v) is 19.7. The molecule has 8 heteroatoms. The van der Waals surface area contributed by atoms with Crippen LogP contribution in [-0.2, 0) is 11.3 Å². The van der Waals surface area contributed by atoms with Crippen LogP contribution in [-0.4, -0.2) is 45.7 Å². The van der Waals surface area contributed by atoms with Crippen molar-refractivity contribution < 1.29 is 9.53 Å². The van der Waals surface area contributed by atoms with Crippen molar-refractivity contribution in [2.45, 2.75) is 33.2 Å². The number of aromatic nitrogens is 4. The van der Waals surface area contributed by atoms with Crippen LogP contribution in [0.3, 0.4) is 0 Å². The molecule has 0 saturated carbocycles. The molecule has 4 heterocycles. The van der Waals surface area contributed by atoms with Crippen molar-refractivity contribution in [2.24, 2.45) is 5.73 Å². The topological polar surface area (TPSA) is 99.2 Å². The quantitative estimate of drug-likeness (QED) is 0.439. The highest BCUT2D eigenvalue weighted by molar-refractivity contribution is 6.22. The molecule has 1 aromatic carbocycles. The molecule has 1 fully saturated rings. The third-order valence-electron chi connectivity index (χ3n) is 6.34. The van der Waals surface area contributed by atoms with E-state index in [4.69, 9.17) is 20.6 Å². The fourth-order valence-electron chi connectivity index (χ4n) is 4.84. The lowest BCUT2D eigenvalue weighted by Crippen LogP contribution is -2.19. The van der Waals surface area contributed by atoms with E-state index in [9.17, 15) is 4.79 Å². The van der Waals surface area contributed by atoms with Crippen molar-refractivity contribution in [3.05, 3.63) is 59.7 Å². The molecule has 0 radical (unpaired) electrons. The van der Waals surface area contributed by atoms with Crippen LogP contribution in [0.4, 0.5) is 5.82 Å². The molecular weight excluding hydrogens is 428 g/mol. The summed E-state index contributed by atoms with van der Waals surface area (Å²) in [6, 6.07) is 9.73. The lowest BCUT2D eigenvalue weighted by Gasteiger charge is -2.20. The Balaban J connectivity index is 1.81. The minimum absolute atomic E-state index is 0.112. The fraction of sp³-hybridized carbons (Fsp3) is 0.308. The Bertz CT molecular complexity index is 1410. The number of allylic oxidation sites excluding steroid dienone is 2. The first-order chi connectivity index (χ1) is 16.5. The predicted molar refractivity (Wildman–Crippen MR) is 134 cm³/mol. The van der Waals surface area contributed by atoms with Gasteiger partial charge in [0.15, 0.2) is 5.78 Å². The van der Waals surface area contributed by atoms with Crippen LogP contribution in [0.2, 0.25) is 0 Å². The van der Waals surface area contributed by atoms with Gasteiger partial charge in [-0.1, -0.05) is 6.07 Å². The zero-order chi connectivity index (χ0) is 23.8. The molecule has 5 rings (SSSR count). The molecule has 0 spiro atoms. The van der Waals surface area contributed by atoms with E-state index in [-0.39, 0.29) is 5.78 Å². The Labute approximate surface area is 198 Å². The van der Waals surface area contributed by atoms with Crippen molar-refractivity contribution in [3.63, 3.8) is 0 Å². The number of hydrogen-bond acceptors (Lipinski definition) is 7. The van der Waals surface area contributed by atoms with E-state index >= 15 is 0 Å². The molecule has 1 saturated heterocycles. The molecule has 0 atom stereocenters. The van der Waals surface area contributed by atoms with Gasteiger partial charge in [-0.05, 0) is 51.0 Å². The average molecular weight is 457 g/mol. The number of ketones is 1. The average Bonchev–Trinajstić information content (AvgIpc) is 3.49. The van der Waals surface area contributed by atoms with Crippen molar-refractivity contribution in [1.82, 2.24) is 19.7 Å². The van der Waals surface area contributed by atoms with Gasteiger partial charge in [-0.15, -0.1) is 0 Å². The van der Waals surface area contributed by atoms with E-state index in [1.165, 1.54) is 6.92 Å². The van der Waals surface area contributed by atoms with Gasteiger partial charge in [-0.3, -0.25) is 14.5 Å². The second-order valence-electron chi connectivity index (χ2n) is 8.70. The molecule has 0 aliphatic carbocycles. The number of fused-ring (bicyclic) bond motifs is 3. The highest BCUT2D eigenvalue weighted by Crippen LogP contribution is 2.38. The highest BCUT2D eigenvalue weighted by atomic mass is 16.5. The number of carbonyl (C=O) groups is 1. The summed E-state index contributed by atoms with van der Waals surface area (Å²) in [6.07, 6.45) is 5.96. The number of nitrogens with zero attached hydrogens (tertiary/aromatic N) is 5. The summed E-state index contributed by atoms with van der Waals surface area (Å²) in [5.41, 5.74) is 10.3. The lowest BCUT2D eigenvalue weighted by molar-refractivity contribution is -0.111. The molecule has 174 valence electrons. The summed E-state index contributed by atoms with van der Waals surface area (Å²) in [5.74, 6) is 1.38. The van der Waals surface area contributed by atoms with E-state index in [1.54, 1.807) is 20.2 Å². The molecular formula is C26H28N6O2. The van der Waals surface area contributed by atoms with Crippen LogP contribution in [0.1, 0.15) is 37.9 Å². The molecule has 1 aliphatic rings. The second kappa shape index (κ2) is 8.78. The Morgan fingerprint density at radius 2 is 1.94 bits per heavy atom. The predicted octanol–water partition coefficient (Wildman–Crippen LogP) is 3.92. The molecule has 1 aliphatic heterocycles. The number of nitrogens with two attached hydrogens (primary N) is 1. The van der Waals surface area contributed by atoms with E-state index in [2.05, 4.69) is 9.88 Å². The third-order valence-corrected chi connectivity index (χ3v) is 6.34. The van der Waals surface area contributed by atoms with Crippen LogP contribution >= 0.6 is 0 Å². The number of rotatable bonds is 6. The first kappa shape index (κ1) is 21.9. The van der Waals surface area contributed by atoms with Crippen LogP contribution in [0.5, 0.6) is 5.75 Å². The zero-order valence-electron chi connectivity index (χ0n) is 19.7. The van der Waals surface area contributed by atoms with Gasteiger partial charge in [0.1, 0.15) is 11.6 Å². The lowest BCUT2D eigenvalue weighted by atomic mass is 9.97. The maximum atomic E-state index is 12.5. The number of methoxy groups -OCH3 is 1. The van der Waals surface area contributed by atoms with E-state index in [1.807, 2.05) is 41.2 Å². The number of pyridine rings is 2. The number of Topliss-reactive ketones (excluding diaryl/α,β-unsaturated/α-hetero) is 1. The standard InChI is InChI=1S/C26H28N6O2/c1-16(27)24(17(2)33)20-12-22-19(13-23(20)34-3)25-21(26(30-22)31-10-6-7-11-31)14-29-32(25)15-18-8-4-5-9-28-18/h4-5,8-9,12-14H,6-7,10-11,15,27H2,1-3H3. The van der Waals surface area contributed by atoms with Crippen LogP contribution in [0.25, 0.3) is 27.4 Å². The SMILES string of the molecule is COc1cc2c(cc1C(C(C)=O)=C(C)N)nc(N1CCCC1)c1cnn(Cc3ccccn3)c12. The van der Waals surface area contributed by atoms with Crippen molar-refractivity contribution in [3.8, 4) is 5.75 Å². The first-order valence-corrected chi connectivity index (χ1v) is 11.5. The van der Waals surface area contributed by atoms with Gasteiger partial charge >= 0.3 is 0 Å². The number of carbonyl (C=O) groups excluding carboxylic acids is 1. The molecule has 8 nitrogen and oxygen atoms in total. The highest BCUT2D eigenvalue weighted by Gasteiger charge is 2.24. The van der Waals surface area contributed by atoms with Gasteiger partial charge in [-0.25, -0.2) is 4.98 Å². The first-order valence-electron chi connectivity index (χ1n) is 11.5. The second-order valence-corrected chi connectivity index (χ2v) is 8.70. The molecule has 4 aromatic rings.